The Morgan fingerprint density at radius 3 is 2.53 bits per heavy atom. The first-order chi connectivity index (χ1) is 8.91. The van der Waals surface area contributed by atoms with Crippen LogP contribution in [0.1, 0.15) is 42.9 Å². The quantitative estimate of drug-likeness (QED) is 0.790. The van der Waals surface area contributed by atoms with E-state index >= 15 is 0 Å². The van der Waals surface area contributed by atoms with Crippen LogP contribution in [-0.2, 0) is 6.18 Å². The van der Waals surface area contributed by atoms with E-state index < -0.39 is 23.6 Å². The molecule has 0 spiro atoms. The van der Waals surface area contributed by atoms with Gasteiger partial charge in [-0.05, 0) is 49.6 Å². The molecule has 1 aromatic carbocycles. The minimum atomic E-state index is -4.45. The van der Waals surface area contributed by atoms with Crippen LogP contribution < -0.4 is 5.32 Å². The van der Waals surface area contributed by atoms with Gasteiger partial charge in [0.25, 0.3) is 0 Å². The second-order valence-electron chi connectivity index (χ2n) is 5.09. The third-order valence-electron chi connectivity index (χ3n) is 3.60. The van der Waals surface area contributed by atoms with Crippen LogP contribution in [0.3, 0.4) is 0 Å². The van der Waals surface area contributed by atoms with Crippen molar-refractivity contribution in [2.24, 2.45) is 5.92 Å². The van der Waals surface area contributed by atoms with Crippen LogP contribution in [0.15, 0.2) is 18.2 Å². The first kappa shape index (κ1) is 14.3. The summed E-state index contributed by atoms with van der Waals surface area (Å²) in [6.07, 6.45) is -0.637. The fourth-order valence-electron chi connectivity index (χ4n) is 2.34. The molecule has 1 atom stereocenters. The fourth-order valence-corrected chi connectivity index (χ4v) is 2.34. The minimum Gasteiger partial charge on any atom is -0.313 e. The molecule has 2 rings (SSSR count). The lowest BCUT2D eigenvalue weighted by molar-refractivity contribution is -0.138. The maximum Gasteiger partial charge on any atom is 0.416 e. The van der Waals surface area contributed by atoms with Crippen LogP contribution in [-0.4, -0.2) is 7.05 Å². The van der Waals surface area contributed by atoms with Crippen molar-refractivity contribution >= 4 is 0 Å². The molecular formula is C14H17F4N. The summed E-state index contributed by atoms with van der Waals surface area (Å²) in [5.41, 5.74) is -0.736. The zero-order valence-corrected chi connectivity index (χ0v) is 10.7. The zero-order chi connectivity index (χ0) is 14.0. The molecule has 0 heterocycles. The van der Waals surface area contributed by atoms with Gasteiger partial charge in [0.2, 0.25) is 0 Å². The van der Waals surface area contributed by atoms with Crippen molar-refractivity contribution < 1.29 is 17.6 Å². The number of alkyl halides is 3. The van der Waals surface area contributed by atoms with Gasteiger partial charge >= 0.3 is 6.18 Å². The Morgan fingerprint density at radius 2 is 2.00 bits per heavy atom. The van der Waals surface area contributed by atoms with Crippen LogP contribution in [0.25, 0.3) is 0 Å². The van der Waals surface area contributed by atoms with Gasteiger partial charge in [-0.3, -0.25) is 0 Å². The molecule has 1 fully saturated rings. The molecule has 106 valence electrons. The van der Waals surface area contributed by atoms with E-state index in [9.17, 15) is 17.6 Å². The molecule has 5 heteroatoms. The summed E-state index contributed by atoms with van der Waals surface area (Å²) in [6, 6.07) is 2.23. The van der Waals surface area contributed by atoms with E-state index in [-0.39, 0.29) is 5.56 Å². The Morgan fingerprint density at radius 1 is 1.32 bits per heavy atom. The fraction of sp³-hybridized carbons (Fsp3) is 0.571. The van der Waals surface area contributed by atoms with Gasteiger partial charge in [-0.1, -0.05) is 12.8 Å². The summed E-state index contributed by atoms with van der Waals surface area (Å²) in [4.78, 5) is 0. The summed E-state index contributed by atoms with van der Waals surface area (Å²) in [5, 5.41) is 2.87. The lowest BCUT2D eigenvalue weighted by Crippen LogP contribution is -2.21. The summed E-state index contributed by atoms with van der Waals surface area (Å²) >= 11 is 0. The predicted octanol–water partition coefficient (Wildman–Crippen LogP) is 4.30. The monoisotopic (exact) mass is 275 g/mol. The summed E-state index contributed by atoms with van der Waals surface area (Å²) in [6.45, 7) is 0. The van der Waals surface area contributed by atoms with Crippen LogP contribution in [0.4, 0.5) is 17.6 Å². The SMILES string of the molecule is CNC(CCC1CC1)c1cc(F)ccc1C(F)(F)F. The van der Waals surface area contributed by atoms with Gasteiger partial charge in [0.15, 0.2) is 0 Å². The Balaban J connectivity index is 2.25. The van der Waals surface area contributed by atoms with Gasteiger partial charge in [0, 0.05) is 6.04 Å². The lowest BCUT2D eigenvalue weighted by atomic mass is 9.95. The van der Waals surface area contributed by atoms with E-state index in [0.29, 0.717) is 12.3 Å². The maximum absolute atomic E-state index is 13.2. The molecular weight excluding hydrogens is 258 g/mol. The molecule has 19 heavy (non-hydrogen) atoms. The number of hydrogen-bond acceptors (Lipinski definition) is 1. The highest BCUT2D eigenvalue weighted by atomic mass is 19.4. The molecule has 0 aromatic heterocycles. The average Bonchev–Trinajstić information content (AvgIpc) is 3.12. The number of halogens is 4. The van der Waals surface area contributed by atoms with Gasteiger partial charge < -0.3 is 5.32 Å². The molecule has 1 aliphatic carbocycles. The van der Waals surface area contributed by atoms with Gasteiger partial charge in [0.05, 0.1) is 5.56 Å². The largest absolute Gasteiger partial charge is 0.416 e. The third-order valence-corrected chi connectivity index (χ3v) is 3.60. The summed E-state index contributed by atoms with van der Waals surface area (Å²) in [5.74, 6) is 0.00779. The molecule has 0 radical (unpaired) electrons. The smallest absolute Gasteiger partial charge is 0.313 e. The molecule has 1 saturated carbocycles. The van der Waals surface area contributed by atoms with Crippen molar-refractivity contribution in [2.75, 3.05) is 7.05 Å². The van der Waals surface area contributed by atoms with Crippen molar-refractivity contribution in [1.29, 1.82) is 0 Å². The van der Waals surface area contributed by atoms with E-state index in [4.69, 9.17) is 0 Å². The van der Waals surface area contributed by atoms with Crippen LogP contribution in [0.5, 0.6) is 0 Å². The highest BCUT2D eigenvalue weighted by Gasteiger charge is 2.35. The molecule has 0 amide bonds. The van der Waals surface area contributed by atoms with E-state index in [2.05, 4.69) is 5.32 Å². The highest BCUT2D eigenvalue weighted by molar-refractivity contribution is 5.33. The van der Waals surface area contributed by atoms with Crippen molar-refractivity contribution in [2.45, 2.75) is 37.9 Å². The first-order valence-corrected chi connectivity index (χ1v) is 6.45. The van der Waals surface area contributed by atoms with Crippen molar-refractivity contribution in [1.82, 2.24) is 5.32 Å². The number of benzene rings is 1. The Labute approximate surface area is 110 Å². The van der Waals surface area contributed by atoms with Crippen LogP contribution in [0, 0.1) is 11.7 Å². The van der Waals surface area contributed by atoms with Gasteiger partial charge in [-0.15, -0.1) is 0 Å². The molecule has 1 N–H and O–H groups in total. The number of hydrogen-bond donors (Lipinski definition) is 1. The Kier molecular flexibility index (Phi) is 4.13. The molecule has 1 nitrogen and oxygen atoms in total. The van der Waals surface area contributed by atoms with E-state index in [1.165, 1.54) is 0 Å². The third kappa shape index (κ3) is 3.69. The van der Waals surface area contributed by atoms with Crippen molar-refractivity contribution in [3.05, 3.63) is 35.1 Å². The van der Waals surface area contributed by atoms with E-state index in [1.54, 1.807) is 7.05 Å². The normalized spacial score (nSPS) is 17.5. The van der Waals surface area contributed by atoms with Crippen molar-refractivity contribution in [3.8, 4) is 0 Å². The van der Waals surface area contributed by atoms with E-state index in [0.717, 1.165) is 37.5 Å². The Hall–Kier alpha value is -1.10. The maximum atomic E-state index is 13.2. The summed E-state index contributed by atoms with van der Waals surface area (Å²) < 4.78 is 52.1. The van der Waals surface area contributed by atoms with Crippen LogP contribution >= 0.6 is 0 Å². The first-order valence-electron chi connectivity index (χ1n) is 6.45. The molecule has 1 unspecified atom stereocenters. The average molecular weight is 275 g/mol. The predicted molar refractivity (Wildman–Crippen MR) is 65.2 cm³/mol. The van der Waals surface area contributed by atoms with E-state index in [1.807, 2.05) is 0 Å². The van der Waals surface area contributed by atoms with Gasteiger partial charge in [0.1, 0.15) is 5.82 Å². The molecule has 1 aromatic rings. The molecule has 1 aliphatic rings. The topological polar surface area (TPSA) is 12.0 Å². The lowest BCUT2D eigenvalue weighted by Gasteiger charge is -2.21. The van der Waals surface area contributed by atoms with Crippen LogP contribution in [0.2, 0.25) is 0 Å². The molecule has 0 saturated heterocycles. The molecule has 0 aliphatic heterocycles. The second kappa shape index (κ2) is 5.49. The number of nitrogens with one attached hydrogen (secondary N) is 1. The molecule has 0 bridgehead atoms. The highest BCUT2D eigenvalue weighted by Crippen LogP contribution is 2.39. The second-order valence-corrected chi connectivity index (χ2v) is 5.09. The standard InChI is InChI=1S/C14H17F4N/c1-19-13(7-4-9-2-3-9)11-8-10(15)5-6-12(11)14(16,17)18/h5-6,8-9,13,19H,2-4,7H2,1H3. The summed E-state index contributed by atoms with van der Waals surface area (Å²) in [7, 11) is 1.61. The Bertz CT molecular complexity index is 438. The van der Waals surface area contributed by atoms with Crippen molar-refractivity contribution in [3.63, 3.8) is 0 Å². The van der Waals surface area contributed by atoms with Gasteiger partial charge in [-0.2, -0.15) is 13.2 Å². The zero-order valence-electron chi connectivity index (χ0n) is 10.7. The number of rotatable bonds is 5. The van der Waals surface area contributed by atoms with Gasteiger partial charge in [-0.25, -0.2) is 4.39 Å². The minimum absolute atomic E-state index is 0.00986.